The smallest absolute Gasteiger partial charge is 0.296 e. The molecule has 406 valence electrons. The third kappa shape index (κ3) is 14.3. The molecule has 8 rings (SSSR count). The highest BCUT2D eigenvalue weighted by molar-refractivity contribution is 8.02. The highest BCUT2D eigenvalue weighted by Gasteiger charge is 2.26. The number of rotatable bonds is 19. The molecular formula is C41H32N12O18S7. The number of carbonyl (C=O) groups excluding carboxylic acids is 1. The monoisotopic (exact) mass is 1200 g/mol. The minimum Gasteiger partial charge on any atom is -0.505 e. The van der Waals surface area contributed by atoms with Crippen LogP contribution in [0.1, 0.15) is 21.5 Å². The van der Waals surface area contributed by atoms with E-state index in [2.05, 4.69) is 69.9 Å². The molecule has 0 aliphatic carbocycles. The minimum atomic E-state index is -5.23. The topological polar surface area (TPSA) is 451 Å². The number of carbonyl (C=O) groups is 1. The van der Waals surface area contributed by atoms with Gasteiger partial charge in [0.2, 0.25) is 5.88 Å². The zero-order valence-electron chi connectivity index (χ0n) is 38.9. The van der Waals surface area contributed by atoms with Crippen molar-refractivity contribution in [1.82, 2.24) is 19.6 Å². The lowest BCUT2D eigenvalue weighted by atomic mass is 10.1. The Kier molecular flexibility index (Phi) is 18.8. The molecule has 8 N–H and O–H groups in total. The van der Waals surface area contributed by atoms with Crippen molar-refractivity contribution in [3.63, 3.8) is 0 Å². The van der Waals surface area contributed by atoms with Crippen LogP contribution in [0.25, 0.3) is 27.5 Å². The minimum absolute atomic E-state index is 0.00229. The Morgan fingerprint density at radius 2 is 1.41 bits per heavy atom. The first kappa shape index (κ1) is 58.5. The first-order valence-corrected chi connectivity index (χ1v) is 28.9. The zero-order chi connectivity index (χ0) is 56.5. The first-order chi connectivity index (χ1) is 37.0. The number of imidazole rings is 1. The van der Waals surface area contributed by atoms with Crippen LogP contribution >= 0.6 is 47.2 Å². The Labute approximate surface area is 454 Å². The fraction of sp³-hybridized carbons (Fsp3) is 0.0976. The van der Waals surface area contributed by atoms with Crippen LogP contribution in [0.15, 0.2) is 135 Å². The van der Waals surface area contributed by atoms with E-state index in [1.807, 2.05) is 6.07 Å². The summed E-state index contributed by atoms with van der Waals surface area (Å²) in [6.45, 7) is 1.44. The number of phenolic OH excluding ortho intramolecular Hbond substituents is 1. The first-order valence-electron chi connectivity index (χ1n) is 20.7. The van der Waals surface area contributed by atoms with Gasteiger partial charge < -0.3 is 15.5 Å². The molecule has 0 bridgehead atoms. The highest BCUT2D eigenvalue weighted by Crippen LogP contribution is 2.48. The second-order valence-electron chi connectivity index (χ2n) is 15.0. The van der Waals surface area contributed by atoms with Crippen molar-refractivity contribution in [3.05, 3.63) is 102 Å². The third-order valence-electron chi connectivity index (χ3n) is 9.88. The third-order valence-corrected chi connectivity index (χ3v) is 15.0. The molecule has 78 heavy (non-hydrogen) atoms. The molecule has 0 fully saturated rings. The summed E-state index contributed by atoms with van der Waals surface area (Å²) in [6.07, 6.45) is 0.715. The Morgan fingerprint density at radius 3 is 2.08 bits per heavy atom. The van der Waals surface area contributed by atoms with Crippen molar-refractivity contribution in [3.8, 4) is 17.7 Å². The molecule has 3 aromatic heterocycles. The fourth-order valence-corrected chi connectivity index (χ4v) is 10.6. The van der Waals surface area contributed by atoms with E-state index >= 15 is 0 Å². The molecule has 8 aromatic rings. The van der Waals surface area contributed by atoms with Crippen molar-refractivity contribution in [2.24, 2.45) is 30.7 Å². The number of nitriles is 1. The molecule has 0 spiro atoms. The van der Waals surface area contributed by atoms with Gasteiger partial charge in [0.25, 0.3) is 41.4 Å². The number of pyridine rings is 1. The van der Waals surface area contributed by atoms with Crippen LogP contribution in [-0.2, 0) is 49.1 Å². The summed E-state index contributed by atoms with van der Waals surface area (Å²) in [5.41, 5.74) is -1.53. The van der Waals surface area contributed by atoms with Gasteiger partial charge in [-0.25, -0.2) is 15.5 Å². The van der Waals surface area contributed by atoms with Crippen LogP contribution in [-0.4, -0.2) is 103 Å². The van der Waals surface area contributed by atoms with Crippen LogP contribution in [0.2, 0.25) is 0 Å². The number of azo groups is 3. The molecule has 3 heterocycles. The van der Waals surface area contributed by atoms with Gasteiger partial charge in [-0.3, -0.25) is 22.9 Å². The van der Waals surface area contributed by atoms with E-state index in [9.17, 15) is 54.6 Å². The van der Waals surface area contributed by atoms with E-state index in [0.717, 1.165) is 53.7 Å². The van der Waals surface area contributed by atoms with Crippen LogP contribution < -0.4 is 5.32 Å². The standard InChI is InChI=1S/C40H28N12O15S6.CH4O3S/c1-19-23(18-41)36-42-24-9-5-6-10-29(24)52(36)38(55)33(19)47-45-27-15-22-21(14-31(27)72(58,59)60)13-30(71-67-65-57)34(35(22)53)48-46-28-16-25(43-37(54)20-7-3-2-4-8-20)26(17-32(28)73(61,62)63)44-49-39-50-51-40(70-39)68-11-12-69-66-64-56;1-5(2,3)4/h2-10,13-17,53,55-57H,11-12H2,1H3,(H,43,54)(H,58,59,60)(H,61,62,63);1H3,(H,2,3,4). The number of amides is 1. The van der Waals surface area contributed by atoms with Gasteiger partial charge in [-0.15, -0.1) is 49.6 Å². The molecular weight excluding hydrogens is 1170 g/mol. The van der Waals surface area contributed by atoms with Gasteiger partial charge in [0.05, 0.1) is 39.9 Å². The summed E-state index contributed by atoms with van der Waals surface area (Å²) in [5.74, 6) is -1.24. The van der Waals surface area contributed by atoms with Crippen molar-refractivity contribution >= 4 is 150 Å². The van der Waals surface area contributed by atoms with Gasteiger partial charge >= 0.3 is 0 Å². The summed E-state index contributed by atoms with van der Waals surface area (Å²) in [5, 5.41) is 92.3. The number of phenols is 1. The van der Waals surface area contributed by atoms with E-state index in [1.165, 1.54) is 35.2 Å². The Morgan fingerprint density at radius 1 is 0.782 bits per heavy atom. The Bertz CT molecular complexity index is 4100. The number of benzene rings is 5. The molecule has 0 unspecified atom stereocenters. The van der Waals surface area contributed by atoms with E-state index in [0.29, 0.717) is 33.1 Å². The number of hydrogen-bond acceptors (Lipinski definition) is 29. The molecule has 0 saturated heterocycles. The number of nitrogens with zero attached hydrogens (tertiary/aromatic N) is 11. The number of anilines is 1. The molecule has 37 heteroatoms. The van der Waals surface area contributed by atoms with Gasteiger partial charge in [0.15, 0.2) is 21.4 Å². The predicted octanol–water partition coefficient (Wildman–Crippen LogP) is 10.2. The molecule has 0 saturated carbocycles. The van der Waals surface area contributed by atoms with Crippen molar-refractivity contribution in [2.75, 3.05) is 23.1 Å². The maximum absolute atomic E-state index is 13.4. The van der Waals surface area contributed by atoms with Crippen LogP contribution in [0.4, 0.5) is 39.3 Å². The normalized spacial score (nSPS) is 12.3. The highest BCUT2D eigenvalue weighted by atomic mass is 32.2. The van der Waals surface area contributed by atoms with Gasteiger partial charge in [-0.1, -0.05) is 63.5 Å². The molecule has 5 aromatic carbocycles. The van der Waals surface area contributed by atoms with Crippen LogP contribution in [0.3, 0.4) is 0 Å². The number of thioether (sulfide) groups is 1. The lowest BCUT2D eigenvalue weighted by Crippen LogP contribution is -2.12. The van der Waals surface area contributed by atoms with E-state index in [1.54, 1.807) is 42.5 Å². The summed E-state index contributed by atoms with van der Waals surface area (Å²) < 4.78 is 109. The van der Waals surface area contributed by atoms with Crippen molar-refractivity contribution in [2.45, 2.75) is 25.9 Å². The largest absolute Gasteiger partial charge is 0.505 e. The molecule has 0 aliphatic rings. The molecule has 1 amide bonds. The quantitative estimate of drug-likeness (QED) is 0.00709. The number of fused-ring (bicyclic) bond motifs is 4. The molecule has 0 radical (unpaired) electrons. The predicted molar refractivity (Wildman–Crippen MR) is 278 cm³/mol. The fourth-order valence-electron chi connectivity index (χ4n) is 6.71. The number of para-hydroxylation sites is 2. The van der Waals surface area contributed by atoms with Gasteiger partial charge in [0.1, 0.15) is 44.2 Å². The van der Waals surface area contributed by atoms with Gasteiger partial charge in [0, 0.05) is 40.1 Å². The Balaban J connectivity index is 0.00000169. The molecule has 30 nitrogen and oxygen atoms in total. The maximum atomic E-state index is 13.4. The maximum Gasteiger partial charge on any atom is 0.296 e. The van der Waals surface area contributed by atoms with Gasteiger partial charge in [-0.05, 0) is 66.9 Å². The summed E-state index contributed by atoms with van der Waals surface area (Å²) >= 11 is 3.27. The van der Waals surface area contributed by atoms with Crippen LogP contribution in [0.5, 0.6) is 11.6 Å². The van der Waals surface area contributed by atoms with E-state index in [4.69, 9.17) is 15.1 Å². The van der Waals surface area contributed by atoms with E-state index < -0.39 is 74.7 Å². The summed E-state index contributed by atoms with van der Waals surface area (Å²) in [7, 11) is -14.0. The van der Waals surface area contributed by atoms with E-state index in [-0.39, 0.29) is 72.2 Å². The number of aromatic hydroxyl groups is 2. The van der Waals surface area contributed by atoms with Gasteiger partial charge in [-0.2, -0.15) is 30.5 Å². The lowest BCUT2D eigenvalue weighted by Gasteiger charge is -2.13. The second-order valence-corrected chi connectivity index (χ2v) is 23.1. The molecule has 0 atom stereocenters. The van der Waals surface area contributed by atoms with Crippen LogP contribution in [0, 0.1) is 18.3 Å². The number of aromatic nitrogens is 4. The summed E-state index contributed by atoms with van der Waals surface area (Å²) in [6, 6.07) is 21.2. The van der Waals surface area contributed by atoms with Crippen molar-refractivity contribution < 1.29 is 83.2 Å². The average molecular weight is 1210 g/mol. The summed E-state index contributed by atoms with van der Waals surface area (Å²) in [4.78, 5) is 15.8. The zero-order valence-corrected chi connectivity index (χ0v) is 44.6. The molecule has 0 aliphatic heterocycles. The SMILES string of the molecule is CS(=O)(=O)O.Cc1c(N=Nc2cc3c(O)c(N=Nc4cc(NC(=O)c5ccccc5)c(N=Nc5nnc(SCCSOOO)s5)cc4S(=O)(=O)O)c(SOOO)cc3cc2S(=O)(=O)O)c(O)n2c(nc3ccccc32)c1C#N. The Hall–Kier alpha value is -7.23. The number of nitrogens with one attached hydrogen (secondary N) is 1. The lowest BCUT2D eigenvalue weighted by molar-refractivity contribution is -0.432. The average Bonchev–Trinajstić information content (AvgIpc) is 4.22. The van der Waals surface area contributed by atoms with Crippen molar-refractivity contribution in [1.29, 1.82) is 5.26 Å². The number of hydrogen-bond donors (Lipinski definition) is 8. The second kappa shape index (κ2) is 25.1.